The Kier molecular flexibility index (Phi) is 12.8. The highest BCUT2D eigenvalue weighted by Crippen LogP contribution is 2.36. The van der Waals surface area contributed by atoms with Crippen LogP contribution in [0.4, 0.5) is 17.1 Å². The summed E-state index contributed by atoms with van der Waals surface area (Å²) in [5.41, 5.74) is 3.92. The Balaban J connectivity index is 0.000000207. The summed E-state index contributed by atoms with van der Waals surface area (Å²) in [6.45, 7) is 0.0331. The van der Waals surface area contributed by atoms with Crippen molar-refractivity contribution in [3.05, 3.63) is 169 Å². The van der Waals surface area contributed by atoms with E-state index >= 15 is 0 Å². The number of methoxy groups -OCH3 is 2. The van der Waals surface area contributed by atoms with Crippen LogP contribution in [0, 0.1) is 0 Å². The van der Waals surface area contributed by atoms with E-state index in [4.69, 9.17) is 9.47 Å². The third-order valence-electron chi connectivity index (χ3n) is 7.08. The lowest BCUT2D eigenvalue weighted by Gasteiger charge is -2.26. The highest BCUT2D eigenvalue weighted by molar-refractivity contribution is 8.93. The fourth-order valence-electron chi connectivity index (χ4n) is 4.84. The predicted octanol–water partition coefficient (Wildman–Crippen LogP) is 8.69. The molecule has 6 aromatic rings. The van der Waals surface area contributed by atoms with Gasteiger partial charge in [-0.2, -0.15) is 0 Å². The standard InChI is InChI=1S/C21H21NO3.C18H15P.BrH/c1-24-20-11-7-18(8-12-20)22(17-5-3-16(15-23)4-6-17)19-9-13-21(25-2)14-10-19;1-4-10-16(11-5-1)19(17-12-6-2-7-13-17)18-14-8-3-9-15-18;/h3-14,23H,15H2,1-2H3;1-15H;1H. The van der Waals surface area contributed by atoms with Crippen molar-refractivity contribution in [3.8, 4) is 11.5 Å². The minimum atomic E-state index is -0.446. The van der Waals surface area contributed by atoms with Gasteiger partial charge in [0.15, 0.2) is 0 Å². The summed E-state index contributed by atoms with van der Waals surface area (Å²) in [6, 6.07) is 56.0. The predicted molar refractivity (Wildman–Crippen MR) is 196 cm³/mol. The molecular weight excluding hydrogens is 641 g/mol. The van der Waals surface area contributed by atoms with Gasteiger partial charge in [0.05, 0.1) is 20.8 Å². The molecule has 0 spiro atoms. The molecule has 0 bridgehead atoms. The van der Waals surface area contributed by atoms with Gasteiger partial charge in [-0.25, -0.2) is 0 Å². The van der Waals surface area contributed by atoms with Crippen LogP contribution in [-0.4, -0.2) is 19.3 Å². The van der Waals surface area contributed by atoms with E-state index in [2.05, 4.69) is 95.9 Å². The Morgan fingerprint density at radius 2 is 0.778 bits per heavy atom. The molecule has 0 aliphatic rings. The molecule has 228 valence electrons. The molecule has 0 saturated carbocycles. The Morgan fingerprint density at radius 1 is 0.467 bits per heavy atom. The average Bonchev–Trinajstić information content (AvgIpc) is 3.11. The van der Waals surface area contributed by atoms with E-state index in [1.807, 2.05) is 72.8 Å². The van der Waals surface area contributed by atoms with Gasteiger partial charge in [0.25, 0.3) is 0 Å². The van der Waals surface area contributed by atoms with Crippen LogP contribution < -0.4 is 30.3 Å². The Hall–Kier alpha value is -4.41. The molecule has 0 aliphatic carbocycles. The number of rotatable bonds is 9. The van der Waals surface area contributed by atoms with E-state index in [1.54, 1.807) is 14.2 Å². The lowest BCUT2D eigenvalue weighted by Crippen LogP contribution is -2.20. The zero-order valence-electron chi connectivity index (χ0n) is 25.4. The summed E-state index contributed by atoms with van der Waals surface area (Å²) in [5.74, 6) is 1.63. The summed E-state index contributed by atoms with van der Waals surface area (Å²) in [4.78, 5) is 2.14. The van der Waals surface area contributed by atoms with Gasteiger partial charge in [-0.05, 0) is 90.1 Å². The number of hydrogen-bond donors (Lipinski definition) is 1. The van der Waals surface area contributed by atoms with Crippen molar-refractivity contribution in [2.75, 3.05) is 19.1 Å². The number of ether oxygens (including phenoxy) is 2. The maximum Gasteiger partial charge on any atom is 0.119 e. The quantitative estimate of drug-likeness (QED) is 0.156. The van der Waals surface area contributed by atoms with Crippen LogP contribution >= 0.6 is 24.9 Å². The van der Waals surface area contributed by atoms with Crippen molar-refractivity contribution in [2.45, 2.75) is 6.61 Å². The van der Waals surface area contributed by atoms with Gasteiger partial charge in [0.2, 0.25) is 0 Å². The number of benzene rings is 6. The average molecular weight is 679 g/mol. The van der Waals surface area contributed by atoms with Crippen molar-refractivity contribution in [1.82, 2.24) is 0 Å². The maximum absolute atomic E-state index is 9.28. The lowest BCUT2D eigenvalue weighted by molar-refractivity contribution is 0.282. The first-order valence-corrected chi connectivity index (χ1v) is 15.8. The number of aliphatic hydroxyl groups excluding tert-OH is 1. The summed E-state index contributed by atoms with van der Waals surface area (Å²) in [7, 11) is 2.87. The fraction of sp³-hybridized carbons (Fsp3) is 0.0769. The molecule has 0 saturated heterocycles. The molecule has 1 N–H and O–H groups in total. The van der Waals surface area contributed by atoms with Crippen molar-refractivity contribution >= 4 is 57.9 Å². The molecule has 0 amide bonds. The zero-order chi connectivity index (χ0) is 30.6. The highest BCUT2D eigenvalue weighted by atomic mass is 79.9. The molecule has 45 heavy (non-hydrogen) atoms. The normalized spacial score (nSPS) is 10.2. The first-order chi connectivity index (χ1) is 21.7. The molecule has 0 aliphatic heterocycles. The van der Waals surface area contributed by atoms with Crippen molar-refractivity contribution < 1.29 is 14.6 Å². The van der Waals surface area contributed by atoms with Crippen molar-refractivity contribution in [2.24, 2.45) is 0 Å². The van der Waals surface area contributed by atoms with Gasteiger partial charge in [0, 0.05) is 17.1 Å². The van der Waals surface area contributed by atoms with E-state index in [1.165, 1.54) is 15.9 Å². The molecule has 0 aromatic heterocycles. The molecule has 0 unspecified atom stereocenters. The molecule has 6 aromatic carbocycles. The minimum absolute atomic E-state index is 0. The number of halogens is 1. The summed E-state index contributed by atoms with van der Waals surface area (Å²) < 4.78 is 10.5. The first kappa shape index (κ1) is 33.5. The molecule has 4 nitrogen and oxygen atoms in total. The molecule has 0 atom stereocenters. The van der Waals surface area contributed by atoms with Gasteiger partial charge in [0.1, 0.15) is 11.5 Å². The summed E-state index contributed by atoms with van der Waals surface area (Å²) in [5, 5.41) is 13.5. The van der Waals surface area contributed by atoms with Gasteiger partial charge < -0.3 is 19.5 Å². The van der Waals surface area contributed by atoms with E-state index in [-0.39, 0.29) is 23.6 Å². The van der Waals surface area contributed by atoms with Crippen LogP contribution in [0.1, 0.15) is 5.56 Å². The Morgan fingerprint density at radius 3 is 1.07 bits per heavy atom. The van der Waals surface area contributed by atoms with Crippen molar-refractivity contribution in [1.29, 1.82) is 0 Å². The molecule has 0 heterocycles. The van der Waals surface area contributed by atoms with E-state index < -0.39 is 7.92 Å². The van der Waals surface area contributed by atoms with Gasteiger partial charge >= 0.3 is 0 Å². The summed E-state index contributed by atoms with van der Waals surface area (Å²) >= 11 is 0. The molecule has 0 fully saturated rings. The maximum atomic E-state index is 9.28. The topological polar surface area (TPSA) is 41.9 Å². The number of hydrogen-bond acceptors (Lipinski definition) is 4. The van der Waals surface area contributed by atoms with Crippen molar-refractivity contribution in [3.63, 3.8) is 0 Å². The fourth-order valence-corrected chi connectivity index (χ4v) is 7.14. The zero-order valence-corrected chi connectivity index (χ0v) is 28.0. The van der Waals surface area contributed by atoms with Crippen LogP contribution in [0.15, 0.2) is 164 Å². The first-order valence-electron chi connectivity index (χ1n) is 14.4. The van der Waals surface area contributed by atoms with E-state index in [0.717, 1.165) is 34.1 Å². The Bertz CT molecular complexity index is 1480. The molecule has 6 rings (SSSR count). The van der Waals surface area contributed by atoms with Crippen LogP contribution in [0.25, 0.3) is 0 Å². The smallest absolute Gasteiger partial charge is 0.119 e. The van der Waals surface area contributed by atoms with Gasteiger partial charge in [-0.1, -0.05) is 103 Å². The summed E-state index contributed by atoms with van der Waals surface area (Å²) in [6.07, 6.45) is 0. The second-order valence-electron chi connectivity index (χ2n) is 9.90. The highest BCUT2D eigenvalue weighted by Gasteiger charge is 2.15. The third kappa shape index (κ3) is 8.83. The number of nitrogens with zero attached hydrogens (tertiary/aromatic N) is 1. The molecule has 0 radical (unpaired) electrons. The van der Waals surface area contributed by atoms with E-state index in [9.17, 15) is 5.11 Å². The van der Waals surface area contributed by atoms with Crippen LogP contribution in [0.3, 0.4) is 0 Å². The van der Waals surface area contributed by atoms with E-state index in [0.29, 0.717) is 0 Å². The molecular formula is C39H37BrNO3P. The largest absolute Gasteiger partial charge is 0.497 e. The minimum Gasteiger partial charge on any atom is -0.497 e. The number of anilines is 3. The monoisotopic (exact) mass is 677 g/mol. The second kappa shape index (κ2) is 17.2. The SMILES string of the molecule is Br.COc1ccc(N(c2ccc(CO)cc2)c2ccc(OC)cc2)cc1.c1ccc(P(c2ccccc2)c2ccccc2)cc1. The van der Waals surface area contributed by atoms with Crippen LogP contribution in [-0.2, 0) is 6.61 Å². The number of aliphatic hydroxyl groups is 1. The van der Waals surface area contributed by atoms with Crippen LogP contribution in [0.2, 0.25) is 0 Å². The Labute approximate surface area is 278 Å². The van der Waals surface area contributed by atoms with Gasteiger partial charge in [-0.15, -0.1) is 17.0 Å². The van der Waals surface area contributed by atoms with Crippen LogP contribution in [0.5, 0.6) is 11.5 Å². The third-order valence-corrected chi connectivity index (χ3v) is 9.53. The molecule has 6 heteroatoms. The van der Waals surface area contributed by atoms with Gasteiger partial charge in [-0.3, -0.25) is 0 Å². The lowest BCUT2D eigenvalue weighted by atomic mass is 10.1. The second-order valence-corrected chi connectivity index (χ2v) is 12.1.